The summed E-state index contributed by atoms with van der Waals surface area (Å²) in [4.78, 5) is 14.9. The summed E-state index contributed by atoms with van der Waals surface area (Å²) in [5.74, 6) is 1.09. The molecule has 0 aromatic heterocycles. The van der Waals surface area contributed by atoms with Crippen molar-refractivity contribution in [3.63, 3.8) is 0 Å². The Labute approximate surface area is 170 Å². The fourth-order valence-electron chi connectivity index (χ4n) is 3.01. The Kier molecular flexibility index (Phi) is 6.64. The molecule has 1 heterocycles. The highest BCUT2D eigenvalue weighted by molar-refractivity contribution is 7.99. The van der Waals surface area contributed by atoms with Crippen molar-refractivity contribution in [3.05, 3.63) is 48.0 Å². The lowest BCUT2D eigenvalue weighted by Crippen LogP contribution is -2.27. The molecule has 0 bridgehead atoms. The van der Waals surface area contributed by atoms with E-state index in [9.17, 15) is 13.2 Å². The summed E-state index contributed by atoms with van der Waals surface area (Å²) in [7, 11) is -2.16. The van der Waals surface area contributed by atoms with Crippen molar-refractivity contribution in [1.29, 1.82) is 0 Å². The molecule has 2 aromatic carbocycles. The molecule has 1 saturated heterocycles. The molecule has 0 spiro atoms. The number of carbonyl (C=O) groups is 1. The first-order valence-electron chi connectivity index (χ1n) is 9.08. The quantitative estimate of drug-likeness (QED) is 0.524. The summed E-state index contributed by atoms with van der Waals surface area (Å²) in [5.41, 5.74) is 1.69. The molecule has 6 nitrogen and oxygen atoms in total. The number of nitrogens with one attached hydrogen (secondary N) is 1. The minimum absolute atomic E-state index is 0.0182. The van der Waals surface area contributed by atoms with Crippen molar-refractivity contribution in [2.45, 2.75) is 29.6 Å². The van der Waals surface area contributed by atoms with Gasteiger partial charge in [0.1, 0.15) is 5.75 Å². The van der Waals surface area contributed by atoms with Gasteiger partial charge in [-0.05, 0) is 43.7 Å². The van der Waals surface area contributed by atoms with Gasteiger partial charge >= 0.3 is 0 Å². The first-order valence-corrected chi connectivity index (χ1v) is 11.5. The molecule has 2 aromatic rings. The number of nitrogens with zero attached hydrogens (tertiary/aromatic N) is 1. The Hall–Kier alpha value is -2.03. The molecular formula is C20H24N2O4S2. The lowest BCUT2D eigenvalue weighted by Gasteiger charge is -2.20. The zero-order valence-corrected chi connectivity index (χ0v) is 17.6. The second-order valence-electron chi connectivity index (χ2n) is 6.54. The van der Waals surface area contributed by atoms with Crippen LogP contribution in [0.4, 0.5) is 5.69 Å². The second-order valence-corrected chi connectivity index (χ2v) is 9.48. The van der Waals surface area contributed by atoms with Gasteiger partial charge in [0.15, 0.2) is 0 Å². The average molecular weight is 421 g/mol. The van der Waals surface area contributed by atoms with E-state index in [4.69, 9.17) is 4.74 Å². The van der Waals surface area contributed by atoms with E-state index in [-0.39, 0.29) is 10.8 Å². The fourth-order valence-corrected chi connectivity index (χ4v) is 4.96. The molecule has 1 fully saturated rings. The Balaban J connectivity index is 1.67. The number of sulfonamides is 1. The first kappa shape index (κ1) is 20.7. The minimum atomic E-state index is -3.67. The number of ether oxygens (including phenoxy) is 1. The zero-order chi connectivity index (χ0) is 20.1. The number of benzene rings is 2. The van der Waals surface area contributed by atoms with Gasteiger partial charge in [0.2, 0.25) is 15.9 Å². The smallest absolute Gasteiger partial charge is 0.240 e. The molecule has 28 heavy (non-hydrogen) atoms. The summed E-state index contributed by atoms with van der Waals surface area (Å²) in [5, 5.41) is 0. The molecule has 0 aliphatic carbocycles. The van der Waals surface area contributed by atoms with Crippen LogP contribution in [0.2, 0.25) is 0 Å². The SMILES string of the molecule is COc1ccc(S(=O)(=O)NCCSc2ccc(C)cc2)cc1N1CCCC1=O. The number of anilines is 1. The summed E-state index contributed by atoms with van der Waals surface area (Å²) < 4.78 is 33.3. The zero-order valence-electron chi connectivity index (χ0n) is 16.0. The first-order chi connectivity index (χ1) is 13.4. The van der Waals surface area contributed by atoms with E-state index in [1.165, 1.54) is 24.8 Å². The van der Waals surface area contributed by atoms with Crippen LogP contribution in [0.15, 0.2) is 52.3 Å². The van der Waals surface area contributed by atoms with Crippen LogP contribution in [0, 0.1) is 6.92 Å². The van der Waals surface area contributed by atoms with Gasteiger partial charge < -0.3 is 9.64 Å². The molecule has 1 aliphatic heterocycles. The van der Waals surface area contributed by atoms with E-state index in [1.807, 2.05) is 31.2 Å². The van der Waals surface area contributed by atoms with Crippen LogP contribution in [-0.2, 0) is 14.8 Å². The summed E-state index contributed by atoms with van der Waals surface area (Å²) in [6, 6.07) is 12.7. The maximum atomic E-state index is 12.7. The van der Waals surface area contributed by atoms with E-state index < -0.39 is 10.0 Å². The average Bonchev–Trinajstić information content (AvgIpc) is 3.12. The van der Waals surface area contributed by atoms with Gasteiger partial charge in [0, 0.05) is 30.2 Å². The molecule has 0 atom stereocenters. The Bertz CT molecular complexity index is 943. The van der Waals surface area contributed by atoms with Crippen molar-refractivity contribution in [1.82, 2.24) is 4.72 Å². The van der Waals surface area contributed by atoms with Gasteiger partial charge in [-0.15, -0.1) is 11.8 Å². The topological polar surface area (TPSA) is 75.7 Å². The molecule has 1 amide bonds. The molecule has 150 valence electrons. The van der Waals surface area contributed by atoms with E-state index >= 15 is 0 Å². The van der Waals surface area contributed by atoms with E-state index in [2.05, 4.69) is 4.72 Å². The number of hydrogen-bond donors (Lipinski definition) is 1. The number of carbonyl (C=O) groups excluding carboxylic acids is 1. The number of amides is 1. The van der Waals surface area contributed by atoms with E-state index in [0.717, 1.165) is 11.3 Å². The third-order valence-corrected chi connectivity index (χ3v) is 6.98. The molecule has 1 N–H and O–H groups in total. The van der Waals surface area contributed by atoms with Crippen LogP contribution in [0.3, 0.4) is 0 Å². The van der Waals surface area contributed by atoms with Crippen LogP contribution >= 0.6 is 11.8 Å². The number of rotatable bonds is 8. The van der Waals surface area contributed by atoms with Crippen molar-refractivity contribution in [2.24, 2.45) is 0 Å². The van der Waals surface area contributed by atoms with E-state index in [1.54, 1.807) is 22.7 Å². The Morgan fingerprint density at radius 3 is 2.57 bits per heavy atom. The highest BCUT2D eigenvalue weighted by Crippen LogP contribution is 2.33. The van der Waals surface area contributed by atoms with Gasteiger partial charge in [-0.25, -0.2) is 13.1 Å². The third-order valence-electron chi connectivity index (χ3n) is 4.51. The van der Waals surface area contributed by atoms with Gasteiger partial charge in [0.25, 0.3) is 0 Å². The minimum Gasteiger partial charge on any atom is -0.495 e. The van der Waals surface area contributed by atoms with Gasteiger partial charge in [-0.1, -0.05) is 17.7 Å². The van der Waals surface area contributed by atoms with Crippen molar-refractivity contribution in [3.8, 4) is 5.75 Å². The van der Waals surface area contributed by atoms with Crippen molar-refractivity contribution < 1.29 is 17.9 Å². The van der Waals surface area contributed by atoms with Gasteiger partial charge in [-0.2, -0.15) is 0 Å². The Morgan fingerprint density at radius 1 is 1.18 bits per heavy atom. The molecule has 3 rings (SSSR count). The van der Waals surface area contributed by atoms with Crippen LogP contribution in [-0.4, -0.2) is 40.3 Å². The van der Waals surface area contributed by atoms with Crippen LogP contribution < -0.4 is 14.4 Å². The number of thioether (sulfide) groups is 1. The highest BCUT2D eigenvalue weighted by Gasteiger charge is 2.26. The van der Waals surface area contributed by atoms with Crippen molar-refractivity contribution >= 4 is 33.4 Å². The van der Waals surface area contributed by atoms with Gasteiger partial charge in [-0.3, -0.25) is 4.79 Å². The van der Waals surface area contributed by atoms with Crippen LogP contribution in [0.1, 0.15) is 18.4 Å². The molecule has 8 heteroatoms. The highest BCUT2D eigenvalue weighted by atomic mass is 32.2. The lowest BCUT2D eigenvalue weighted by atomic mass is 10.2. The second kappa shape index (κ2) is 8.98. The summed E-state index contributed by atoms with van der Waals surface area (Å²) in [6.07, 6.45) is 1.22. The predicted molar refractivity (Wildman–Crippen MR) is 112 cm³/mol. The third kappa shape index (κ3) is 4.87. The monoisotopic (exact) mass is 420 g/mol. The summed E-state index contributed by atoms with van der Waals surface area (Å²) >= 11 is 1.60. The normalized spacial score (nSPS) is 14.5. The number of methoxy groups -OCH3 is 1. The molecule has 0 saturated carbocycles. The molecular weight excluding hydrogens is 396 g/mol. The lowest BCUT2D eigenvalue weighted by molar-refractivity contribution is -0.117. The van der Waals surface area contributed by atoms with Crippen molar-refractivity contribution in [2.75, 3.05) is 30.9 Å². The molecule has 0 unspecified atom stereocenters. The number of aryl methyl sites for hydroxylation is 1. The standard InChI is InChI=1S/C20H24N2O4S2/c1-15-5-7-16(8-6-15)27-13-11-21-28(24,25)17-9-10-19(26-2)18(14-17)22-12-3-4-20(22)23/h5-10,14,21H,3-4,11-13H2,1-2H3. The molecule has 0 radical (unpaired) electrons. The largest absolute Gasteiger partial charge is 0.495 e. The van der Waals surface area contributed by atoms with Crippen LogP contribution in [0.5, 0.6) is 5.75 Å². The predicted octanol–water partition coefficient (Wildman–Crippen LogP) is 3.20. The van der Waals surface area contributed by atoms with Gasteiger partial charge in [0.05, 0.1) is 17.7 Å². The van der Waals surface area contributed by atoms with Crippen LogP contribution in [0.25, 0.3) is 0 Å². The summed E-state index contributed by atoms with van der Waals surface area (Å²) in [6.45, 7) is 2.91. The Morgan fingerprint density at radius 2 is 1.93 bits per heavy atom. The fraction of sp³-hybridized carbons (Fsp3) is 0.350. The maximum Gasteiger partial charge on any atom is 0.240 e. The maximum absolute atomic E-state index is 12.7. The molecule has 1 aliphatic rings. The number of hydrogen-bond acceptors (Lipinski definition) is 5. The van der Waals surface area contributed by atoms with E-state index in [0.29, 0.717) is 36.7 Å².